The van der Waals surface area contributed by atoms with Crippen molar-refractivity contribution in [2.45, 2.75) is 34.6 Å². The fraction of sp³-hybridized carbons (Fsp3) is 0.122. The van der Waals surface area contributed by atoms with E-state index in [1.165, 1.54) is 87.6 Å². The van der Waals surface area contributed by atoms with E-state index < -0.39 is 0 Å². The molecule has 0 bridgehead atoms. The molecule has 0 aliphatic heterocycles. The Morgan fingerprint density at radius 2 is 1.02 bits per heavy atom. The van der Waals surface area contributed by atoms with E-state index >= 15 is 0 Å². The van der Waals surface area contributed by atoms with Crippen molar-refractivity contribution >= 4 is 60.8 Å². The molecule has 0 heteroatoms. The minimum Gasteiger partial charge on any atom is -0.0984 e. The van der Waals surface area contributed by atoms with Crippen LogP contribution in [-0.2, 0) is 0 Å². The van der Waals surface area contributed by atoms with E-state index in [-0.39, 0.29) is 0 Å². The fourth-order valence-electron chi connectivity index (χ4n) is 6.31. The van der Waals surface area contributed by atoms with Gasteiger partial charge in [-0.05, 0) is 128 Å². The minimum absolute atomic E-state index is 1.23. The first-order valence-corrected chi connectivity index (χ1v) is 14.4. The Morgan fingerprint density at radius 3 is 1.56 bits per heavy atom. The summed E-state index contributed by atoms with van der Waals surface area (Å²) < 4.78 is 0. The van der Waals surface area contributed by atoms with Crippen molar-refractivity contribution in [3.8, 4) is 0 Å². The van der Waals surface area contributed by atoms with E-state index in [2.05, 4.69) is 150 Å². The largest absolute Gasteiger partial charge is 0.0984 e. The zero-order chi connectivity index (χ0) is 28.7. The Labute approximate surface area is 243 Å². The molecule has 0 amide bonds. The van der Waals surface area contributed by atoms with Crippen LogP contribution in [0, 0.1) is 13.8 Å². The molecule has 0 heterocycles. The summed E-state index contributed by atoms with van der Waals surface area (Å²) in [6.07, 6.45) is 8.91. The van der Waals surface area contributed by atoms with Crippen LogP contribution in [0.25, 0.3) is 60.8 Å². The summed E-state index contributed by atoms with van der Waals surface area (Å²) in [7, 11) is 0. The van der Waals surface area contributed by atoms with Gasteiger partial charge in [-0.3, -0.25) is 0 Å². The first-order chi connectivity index (χ1) is 19.9. The van der Waals surface area contributed by atoms with Crippen LogP contribution in [-0.4, -0.2) is 0 Å². The minimum atomic E-state index is 1.23. The number of hydrogen-bond donors (Lipinski definition) is 0. The van der Waals surface area contributed by atoms with Crippen molar-refractivity contribution in [3.05, 3.63) is 149 Å². The van der Waals surface area contributed by atoms with E-state index in [4.69, 9.17) is 0 Å². The molecule has 0 fully saturated rings. The Morgan fingerprint density at radius 1 is 0.561 bits per heavy atom. The maximum atomic E-state index is 4.09. The van der Waals surface area contributed by atoms with Crippen LogP contribution in [0.4, 0.5) is 0 Å². The van der Waals surface area contributed by atoms with Gasteiger partial charge in [0.15, 0.2) is 0 Å². The smallest absolute Gasteiger partial charge is 0.00928 e. The number of benzene rings is 6. The topological polar surface area (TPSA) is 0 Å². The summed E-state index contributed by atoms with van der Waals surface area (Å²) in [5.74, 6) is 0. The second-order valence-electron chi connectivity index (χ2n) is 11.1. The maximum Gasteiger partial charge on any atom is -0.00928 e. The van der Waals surface area contributed by atoms with Crippen LogP contribution < -0.4 is 0 Å². The third-order valence-electron chi connectivity index (χ3n) is 8.83. The van der Waals surface area contributed by atoms with Crippen molar-refractivity contribution in [2.75, 3.05) is 0 Å². The molecule has 6 aromatic carbocycles. The van der Waals surface area contributed by atoms with Gasteiger partial charge < -0.3 is 0 Å². The normalized spacial score (nSPS) is 13.0. The van der Waals surface area contributed by atoms with Crippen LogP contribution in [0.3, 0.4) is 0 Å². The number of allylic oxidation sites excluding steroid dienone is 5. The molecule has 0 radical (unpaired) electrons. The molecule has 0 aliphatic carbocycles. The fourth-order valence-corrected chi connectivity index (χ4v) is 6.31. The van der Waals surface area contributed by atoms with Gasteiger partial charge in [-0.25, -0.2) is 0 Å². The average molecular weight is 529 g/mol. The predicted molar refractivity (Wildman–Crippen MR) is 184 cm³/mol. The van der Waals surface area contributed by atoms with Gasteiger partial charge in [0, 0.05) is 0 Å². The molecule has 0 aliphatic rings. The monoisotopic (exact) mass is 528 g/mol. The molecule has 0 N–H and O–H groups in total. The second kappa shape index (κ2) is 10.7. The molecular weight excluding hydrogens is 492 g/mol. The average Bonchev–Trinajstić information content (AvgIpc) is 3.02. The van der Waals surface area contributed by atoms with Crippen molar-refractivity contribution in [1.29, 1.82) is 0 Å². The van der Waals surface area contributed by atoms with Crippen molar-refractivity contribution < 1.29 is 0 Å². The van der Waals surface area contributed by atoms with Gasteiger partial charge in [-0.2, -0.15) is 0 Å². The molecule has 0 unspecified atom stereocenters. The van der Waals surface area contributed by atoms with Gasteiger partial charge in [0.25, 0.3) is 0 Å². The summed E-state index contributed by atoms with van der Waals surface area (Å²) in [6.45, 7) is 15.1. The zero-order valence-electron chi connectivity index (χ0n) is 24.7. The van der Waals surface area contributed by atoms with Crippen LogP contribution in [0.15, 0.2) is 121 Å². The molecule has 0 atom stereocenters. The molecule has 0 spiro atoms. The Kier molecular flexibility index (Phi) is 6.93. The molecule has 0 aromatic heterocycles. The number of rotatable bonds is 5. The van der Waals surface area contributed by atoms with Gasteiger partial charge in [-0.15, -0.1) is 0 Å². The van der Waals surface area contributed by atoms with Gasteiger partial charge >= 0.3 is 0 Å². The standard InChI is InChI=1S/C41H36/c1-7-30(23-26(3)27(4)24-40-29(6)28(5)32(8-2)33-15-9-13-19-37(33)40)31-21-22-39-36-18-11-10-16-34(36)35-17-12-14-20-38(35)41(39)25-31/h7-25H,2H2,1,3-6H3/b26-23+,27-24+,30-7+. The van der Waals surface area contributed by atoms with E-state index in [9.17, 15) is 0 Å². The SMILES string of the molecule is C=Cc1c(C)c(C)c(/C=C(C)/C(C)=C/C(=C\C)c2ccc3c4ccccc4c4ccccc4c3c2)c2ccccc12. The Bertz CT molecular complexity index is 2060. The number of fused-ring (bicyclic) bond motifs is 7. The molecule has 0 nitrogen and oxygen atoms in total. The van der Waals surface area contributed by atoms with Crippen molar-refractivity contribution in [3.63, 3.8) is 0 Å². The summed E-state index contributed by atoms with van der Waals surface area (Å²) >= 11 is 0. The van der Waals surface area contributed by atoms with E-state index in [0.717, 1.165) is 0 Å². The lowest BCUT2D eigenvalue weighted by Crippen LogP contribution is -1.95. The Hall–Kier alpha value is -4.68. The summed E-state index contributed by atoms with van der Waals surface area (Å²) in [5, 5.41) is 10.4. The van der Waals surface area contributed by atoms with Gasteiger partial charge in [0.2, 0.25) is 0 Å². The molecule has 200 valence electrons. The molecule has 6 rings (SSSR count). The first kappa shape index (κ1) is 26.5. The Balaban J connectivity index is 1.46. The van der Waals surface area contributed by atoms with Gasteiger partial charge in [0.1, 0.15) is 0 Å². The molecule has 0 saturated heterocycles. The van der Waals surface area contributed by atoms with E-state index in [1.807, 2.05) is 6.08 Å². The lowest BCUT2D eigenvalue weighted by atomic mass is 9.88. The van der Waals surface area contributed by atoms with E-state index in [0.29, 0.717) is 0 Å². The maximum absolute atomic E-state index is 4.09. The zero-order valence-corrected chi connectivity index (χ0v) is 24.7. The number of hydrogen-bond acceptors (Lipinski definition) is 0. The van der Waals surface area contributed by atoms with Gasteiger partial charge in [-0.1, -0.05) is 116 Å². The third kappa shape index (κ3) is 4.50. The van der Waals surface area contributed by atoms with Crippen molar-refractivity contribution in [1.82, 2.24) is 0 Å². The first-order valence-electron chi connectivity index (χ1n) is 14.4. The highest BCUT2D eigenvalue weighted by molar-refractivity contribution is 6.25. The van der Waals surface area contributed by atoms with E-state index in [1.54, 1.807) is 0 Å². The van der Waals surface area contributed by atoms with Crippen LogP contribution in [0.2, 0.25) is 0 Å². The predicted octanol–water partition coefficient (Wildman–Crippen LogP) is 12.0. The summed E-state index contributed by atoms with van der Waals surface area (Å²) in [4.78, 5) is 0. The highest BCUT2D eigenvalue weighted by Crippen LogP contribution is 2.37. The second-order valence-corrected chi connectivity index (χ2v) is 11.1. The van der Waals surface area contributed by atoms with Crippen LogP contribution in [0.1, 0.15) is 48.6 Å². The lowest BCUT2D eigenvalue weighted by Gasteiger charge is -2.16. The molecule has 41 heavy (non-hydrogen) atoms. The van der Waals surface area contributed by atoms with Gasteiger partial charge in [0.05, 0.1) is 0 Å². The van der Waals surface area contributed by atoms with Crippen molar-refractivity contribution in [2.24, 2.45) is 0 Å². The molecule has 0 saturated carbocycles. The highest BCUT2D eigenvalue weighted by Gasteiger charge is 2.13. The lowest BCUT2D eigenvalue weighted by molar-refractivity contribution is 1.32. The third-order valence-corrected chi connectivity index (χ3v) is 8.83. The summed E-state index contributed by atoms with van der Waals surface area (Å²) in [5.41, 5.74) is 10.1. The summed E-state index contributed by atoms with van der Waals surface area (Å²) in [6, 6.07) is 33.2. The van der Waals surface area contributed by atoms with Crippen LogP contribution in [0.5, 0.6) is 0 Å². The quantitative estimate of drug-likeness (QED) is 0.154. The highest BCUT2D eigenvalue weighted by atomic mass is 14.2. The van der Waals surface area contributed by atoms with Crippen LogP contribution >= 0.6 is 0 Å². The molecule has 6 aromatic rings. The molecular formula is C41H36.